The highest BCUT2D eigenvalue weighted by Crippen LogP contribution is 2.43. The Hall–Kier alpha value is -0.410. The molecule has 0 aliphatic heterocycles. The minimum atomic E-state index is 0.335. The van der Waals surface area contributed by atoms with Gasteiger partial charge < -0.3 is 5.32 Å². The van der Waals surface area contributed by atoms with Crippen molar-refractivity contribution < 1.29 is 0 Å². The van der Waals surface area contributed by atoms with Crippen molar-refractivity contribution in [2.24, 2.45) is 5.41 Å². The van der Waals surface area contributed by atoms with Crippen molar-refractivity contribution in [3.63, 3.8) is 0 Å². The van der Waals surface area contributed by atoms with Crippen LogP contribution in [-0.4, -0.2) is 11.0 Å². The molecule has 1 aliphatic carbocycles. The monoisotopic (exact) mass is 266 g/mol. The lowest BCUT2D eigenvalue weighted by Gasteiger charge is -2.15. The molecule has 1 saturated carbocycles. The summed E-state index contributed by atoms with van der Waals surface area (Å²) in [6.45, 7) is 12.3. The number of hydrogen-bond acceptors (Lipinski definition) is 3. The third kappa shape index (κ3) is 4.06. The molecule has 0 saturated heterocycles. The lowest BCUT2D eigenvalue weighted by molar-refractivity contribution is 0.410. The normalized spacial score (nSPS) is 16.6. The first-order valence-electron chi connectivity index (χ1n) is 7.07. The molecule has 1 aromatic heterocycles. The molecule has 1 aliphatic rings. The predicted octanol–water partition coefficient (Wildman–Crippen LogP) is 4.11. The van der Waals surface area contributed by atoms with E-state index in [-0.39, 0.29) is 0 Å². The SMILES string of the molecule is CC(C)NCc1sc(CC(C)(C)C)nc1C1CC1. The van der Waals surface area contributed by atoms with Crippen LogP contribution in [0.3, 0.4) is 0 Å². The number of nitrogens with one attached hydrogen (secondary N) is 1. The van der Waals surface area contributed by atoms with Gasteiger partial charge in [-0.3, -0.25) is 0 Å². The standard InChI is InChI=1S/C15H26N2S/c1-10(2)16-9-12-14(11-6-7-11)17-13(18-12)8-15(3,4)5/h10-11,16H,6-9H2,1-5H3. The number of rotatable bonds is 5. The molecule has 1 fully saturated rings. The highest BCUT2D eigenvalue weighted by atomic mass is 32.1. The zero-order chi connectivity index (χ0) is 13.3. The van der Waals surface area contributed by atoms with Crippen molar-refractivity contribution in [2.75, 3.05) is 0 Å². The molecule has 0 bridgehead atoms. The molecule has 2 nitrogen and oxygen atoms in total. The van der Waals surface area contributed by atoms with E-state index in [1.807, 2.05) is 11.3 Å². The molecule has 0 unspecified atom stereocenters. The van der Waals surface area contributed by atoms with Gasteiger partial charge in [0.15, 0.2) is 0 Å². The Morgan fingerprint density at radius 3 is 2.50 bits per heavy atom. The van der Waals surface area contributed by atoms with E-state index in [0.29, 0.717) is 11.5 Å². The summed E-state index contributed by atoms with van der Waals surface area (Å²) in [5, 5.41) is 4.86. The fourth-order valence-electron chi connectivity index (χ4n) is 2.04. The molecule has 1 heterocycles. The first kappa shape index (κ1) is 14.0. The van der Waals surface area contributed by atoms with Crippen LogP contribution in [0.5, 0.6) is 0 Å². The summed E-state index contributed by atoms with van der Waals surface area (Å²) in [6, 6.07) is 0.546. The third-order valence-corrected chi connectivity index (χ3v) is 4.16. The molecule has 3 heteroatoms. The van der Waals surface area contributed by atoms with Crippen LogP contribution >= 0.6 is 11.3 Å². The number of nitrogens with zero attached hydrogens (tertiary/aromatic N) is 1. The van der Waals surface area contributed by atoms with Gasteiger partial charge in [0, 0.05) is 29.8 Å². The number of thiazole rings is 1. The molecule has 1 N–H and O–H groups in total. The Bertz CT molecular complexity index is 397. The average Bonchev–Trinajstić information content (AvgIpc) is 2.97. The molecule has 2 rings (SSSR count). The van der Waals surface area contributed by atoms with Gasteiger partial charge in [-0.2, -0.15) is 0 Å². The van der Waals surface area contributed by atoms with Crippen LogP contribution in [0.15, 0.2) is 0 Å². The first-order chi connectivity index (χ1) is 8.35. The average molecular weight is 266 g/mol. The Morgan fingerprint density at radius 2 is 2.00 bits per heavy atom. The largest absolute Gasteiger partial charge is 0.310 e. The Balaban J connectivity index is 2.11. The molecule has 1 aromatic rings. The van der Waals surface area contributed by atoms with Crippen LogP contribution in [0.4, 0.5) is 0 Å². The number of aromatic nitrogens is 1. The lowest BCUT2D eigenvalue weighted by Crippen LogP contribution is -2.21. The zero-order valence-electron chi connectivity index (χ0n) is 12.3. The van der Waals surface area contributed by atoms with Gasteiger partial charge in [-0.05, 0) is 18.3 Å². The van der Waals surface area contributed by atoms with Gasteiger partial charge in [-0.15, -0.1) is 11.3 Å². The summed E-state index contributed by atoms with van der Waals surface area (Å²) in [5.41, 5.74) is 1.73. The van der Waals surface area contributed by atoms with Crippen molar-refractivity contribution in [2.45, 2.75) is 72.4 Å². The highest BCUT2D eigenvalue weighted by Gasteiger charge is 2.30. The quantitative estimate of drug-likeness (QED) is 0.867. The summed E-state index contributed by atoms with van der Waals surface area (Å²) in [5.74, 6) is 0.763. The summed E-state index contributed by atoms with van der Waals surface area (Å²) in [6.07, 6.45) is 3.78. The molecule has 0 amide bonds. The van der Waals surface area contributed by atoms with E-state index in [0.717, 1.165) is 18.9 Å². The van der Waals surface area contributed by atoms with Crippen molar-refractivity contribution in [3.8, 4) is 0 Å². The molecule has 0 atom stereocenters. The van der Waals surface area contributed by atoms with Gasteiger partial charge in [-0.1, -0.05) is 34.6 Å². The summed E-state index contributed by atoms with van der Waals surface area (Å²) in [4.78, 5) is 6.39. The molecule has 102 valence electrons. The second kappa shape index (κ2) is 5.30. The van der Waals surface area contributed by atoms with E-state index >= 15 is 0 Å². The molecule has 0 radical (unpaired) electrons. The van der Waals surface area contributed by atoms with Crippen LogP contribution < -0.4 is 5.32 Å². The van der Waals surface area contributed by atoms with Crippen LogP contribution in [0.1, 0.15) is 69.0 Å². The molecule has 0 spiro atoms. The summed E-state index contributed by atoms with van der Waals surface area (Å²) < 4.78 is 0. The van der Waals surface area contributed by atoms with Gasteiger partial charge in [-0.25, -0.2) is 4.98 Å². The first-order valence-corrected chi connectivity index (χ1v) is 7.88. The highest BCUT2D eigenvalue weighted by molar-refractivity contribution is 7.11. The molecule has 18 heavy (non-hydrogen) atoms. The minimum absolute atomic E-state index is 0.335. The summed E-state index contributed by atoms with van der Waals surface area (Å²) >= 11 is 1.92. The van der Waals surface area contributed by atoms with Gasteiger partial charge in [0.25, 0.3) is 0 Å². The van der Waals surface area contributed by atoms with Crippen LogP contribution in [0, 0.1) is 5.41 Å². The van der Waals surface area contributed by atoms with Gasteiger partial charge in [0.1, 0.15) is 0 Å². The van der Waals surface area contributed by atoms with Crippen molar-refractivity contribution in [1.82, 2.24) is 10.3 Å². The molecule has 0 aromatic carbocycles. The third-order valence-electron chi connectivity index (χ3n) is 3.09. The predicted molar refractivity (Wildman–Crippen MR) is 79.2 cm³/mol. The summed E-state index contributed by atoms with van der Waals surface area (Å²) in [7, 11) is 0. The van der Waals surface area contributed by atoms with Crippen molar-refractivity contribution in [3.05, 3.63) is 15.6 Å². The van der Waals surface area contributed by atoms with Gasteiger partial charge in [0.2, 0.25) is 0 Å². The molecular weight excluding hydrogens is 240 g/mol. The van der Waals surface area contributed by atoms with E-state index < -0.39 is 0 Å². The van der Waals surface area contributed by atoms with E-state index in [4.69, 9.17) is 4.98 Å². The van der Waals surface area contributed by atoms with Crippen LogP contribution in [-0.2, 0) is 13.0 Å². The van der Waals surface area contributed by atoms with Gasteiger partial charge in [0.05, 0.1) is 10.7 Å². The van der Waals surface area contributed by atoms with Crippen LogP contribution in [0.25, 0.3) is 0 Å². The fourth-order valence-corrected chi connectivity index (χ4v) is 3.45. The lowest BCUT2D eigenvalue weighted by atomic mass is 9.93. The zero-order valence-corrected chi connectivity index (χ0v) is 13.2. The van der Waals surface area contributed by atoms with Gasteiger partial charge >= 0.3 is 0 Å². The maximum atomic E-state index is 4.91. The topological polar surface area (TPSA) is 24.9 Å². The second-order valence-electron chi connectivity index (χ2n) is 6.96. The second-order valence-corrected chi connectivity index (χ2v) is 8.13. The Labute approximate surface area is 115 Å². The van der Waals surface area contributed by atoms with Crippen molar-refractivity contribution in [1.29, 1.82) is 0 Å². The van der Waals surface area contributed by atoms with E-state index in [9.17, 15) is 0 Å². The Kier molecular flexibility index (Phi) is 4.12. The number of hydrogen-bond donors (Lipinski definition) is 1. The van der Waals surface area contributed by atoms with Crippen molar-refractivity contribution >= 4 is 11.3 Å². The van der Waals surface area contributed by atoms with E-state index in [1.165, 1.54) is 28.4 Å². The van der Waals surface area contributed by atoms with Crippen LogP contribution in [0.2, 0.25) is 0 Å². The maximum absolute atomic E-state index is 4.91. The Morgan fingerprint density at radius 1 is 1.33 bits per heavy atom. The van der Waals surface area contributed by atoms with E-state index in [1.54, 1.807) is 0 Å². The minimum Gasteiger partial charge on any atom is -0.310 e. The van der Waals surface area contributed by atoms with E-state index in [2.05, 4.69) is 39.9 Å². The maximum Gasteiger partial charge on any atom is 0.0936 e. The fraction of sp³-hybridized carbons (Fsp3) is 0.800. The molecular formula is C15H26N2S. The smallest absolute Gasteiger partial charge is 0.0936 e.